The van der Waals surface area contributed by atoms with Gasteiger partial charge in [-0.15, -0.1) is 0 Å². The smallest absolute Gasteiger partial charge is 0.335 e. The fraction of sp³-hybridized carbons (Fsp3) is 0.450. The van der Waals surface area contributed by atoms with E-state index < -0.39 is 41.2 Å². The maximum absolute atomic E-state index is 12.9. The number of ketones is 1. The fourth-order valence-corrected chi connectivity index (χ4v) is 2.86. The SMILES string of the molecule is CCC(C)Oc1ccc(C(=O)O)cc1NC(=O)C(C(C)=O)N1C(=O)NC(C)(C)C1=O. The molecule has 1 aliphatic rings. The third-order valence-corrected chi connectivity index (χ3v) is 4.67. The minimum Gasteiger partial charge on any atom is -0.489 e. The number of rotatable bonds is 8. The van der Waals surface area contributed by atoms with Gasteiger partial charge in [0.1, 0.15) is 11.3 Å². The third kappa shape index (κ3) is 4.58. The minimum absolute atomic E-state index is 0.0118. The number of aromatic carboxylic acids is 1. The van der Waals surface area contributed by atoms with Crippen LogP contribution in [0.25, 0.3) is 0 Å². The van der Waals surface area contributed by atoms with E-state index in [2.05, 4.69) is 10.6 Å². The number of anilines is 1. The third-order valence-electron chi connectivity index (χ3n) is 4.67. The van der Waals surface area contributed by atoms with Gasteiger partial charge in [0.2, 0.25) is 0 Å². The topological polar surface area (TPSA) is 142 Å². The van der Waals surface area contributed by atoms with Gasteiger partial charge >= 0.3 is 12.0 Å². The largest absolute Gasteiger partial charge is 0.489 e. The van der Waals surface area contributed by atoms with Crippen LogP contribution >= 0.6 is 0 Å². The standard InChI is InChI=1S/C20H25N3O7/c1-6-10(2)30-14-8-7-12(17(26)27)9-13(14)21-16(25)15(11(3)24)23-18(28)20(4,5)22-19(23)29/h7-10,15H,6H2,1-5H3,(H,21,25)(H,22,29)(H,26,27). The van der Waals surface area contributed by atoms with E-state index in [0.29, 0.717) is 11.3 Å². The van der Waals surface area contributed by atoms with Crippen LogP contribution in [-0.4, -0.2) is 57.3 Å². The van der Waals surface area contributed by atoms with Crippen LogP contribution in [0, 0.1) is 0 Å². The lowest BCUT2D eigenvalue weighted by atomic mass is 10.0. The summed E-state index contributed by atoms with van der Waals surface area (Å²) < 4.78 is 5.72. The lowest BCUT2D eigenvalue weighted by Crippen LogP contribution is -2.52. The van der Waals surface area contributed by atoms with Gasteiger partial charge in [0.25, 0.3) is 11.8 Å². The van der Waals surface area contributed by atoms with Gasteiger partial charge in [-0.2, -0.15) is 0 Å². The predicted molar refractivity (Wildman–Crippen MR) is 106 cm³/mol. The lowest BCUT2D eigenvalue weighted by Gasteiger charge is -2.24. The number of hydrogen-bond acceptors (Lipinski definition) is 6. The number of Topliss-reactive ketones (excluding diaryl/α,β-unsaturated/α-hetero) is 1. The first-order valence-electron chi connectivity index (χ1n) is 9.40. The second kappa shape index (κ2) is 8.52. The number of imide groups is 1. The number of nitrogens with one attached hydrogen (secondary N) is 2. The fourth-order valence-electron chi connectivity index (χ4n) is 2.86. The second-order valence-corrected chi connectivity index (χ2v) is 7.59. The van der Waals surface area contributed by atoms with E-state index in [0.717, 1.165) is 6.92 Å². The summed E-state index contributed by atoms with van der Waals surface area (Å²) in [5.41, 5.74) is -1.37. The predicted octanol–water partition coefficient (Wildman–Crippen LogP) is 1.79. The molecule has 1 heterocycles. The molecule has 30 heavy (non-hydrogen) atoms. The molecule has 162 valence electrons. The number of ether oxygens (including phenoxy) is 1. The first kappa shape index (κ1) is 22.9. The molecule has 3 N–H and O–H groups in total. The second-order valence-electron chi connectivity index (χ2n) is 7.59. The first-order valence-corrected chi connectivity index (χ1v) is 9.40. The summed E-state index contributed by atoms with van der Waals surface area (Å²) in [4.78, 5) is 61.8. The van der Waals surface area contributed by atoms with Gasteiger partial charge in [0.15, 0.2) is 11.8 Å². The number of amides is 4. The zero-order valence-corrected chi connectivity index (χ0v) is 17.4. The van der Waals surface area contributed by atoms with Crippen molar-refractivity contribution in [1.82, 2.24) is 10.2 Å². The monoisotopic (exact) mass is 419 g/mol. The van der Waals surface area contributed by atoms with Crippen molar-refractivity contribution in [2.75, 3.05) is 5.32 Å². The number of carbonyl (C=O) groups excluding carboxylic acids is 4. The van der Waals surface area contributed by atoms with E-state index in [4.69, 9.17) is 4.74 Å². The van der Waals surface area contributed by atoms with Crippen molar-refractivity contribution in [1.29, 1.82) is 0 Å². The van der Waals surface area contributed by atoms with E-state index >= 15 is 0 Å². The number of carbonyl (C=O) groups is 5. The highest BCUT2D eigenvalue weighted by atomic mass is 16.5. The molecular weight excluding hydrogens is 394 g/mol. The van der Waals surface area contributed by atoms with Gasteiger partial charge < -0.3 is 20.5 Å². The molecule has 0 saturated carbocycles. The zero-order chi connectivity index (χ0) is 22.8. The van der Waals surface area contributed by atoms with Gasteiger partial charge in [-0.05, 0) is 52.3 Å². The molecule has 1 aromatic carbocycles. The molecule has 2 unspecified atom stereocenters. The first-order chi connectivity index (χ1) is 13.9. The van der Waals surface area contributed by atoms with Gasteiger partial charge in [-0.3, -0.25) is 14.4 Å². The van der Waals surface area contributed by atoms with Crippen LogP contribution in [-0.2, 0) is 14.4 Å². The highest BCUT2D eigenvalue weighted by Crippen LogP contribution is 2.29. The lowest BCUT2D eigenvalue weighted by molar-refractivity contribution is -0.141. The average molecular weight is 419 g/mol. The van der Waals surface area contributed by atoms with Crippen molar-refractivity contribution in [3.05, 3.63) is 23.8 Å². The Hall–Kier alpha value is -3.43. The molecule has 0 aromatic heterocycles. The van der Waals surface area contributed by atoms with Crippen LogP contribution in [0.15, 0.2) is 18.2 Å². The minimum atomic E-state index is -1.72. The van der Waals surface area contributed by atoms with Crippen molar-refractivity contribution in [2.45, 2.75) is 58.7 Å². The number of carboxylic acid groups (broad SMARTS) is 1. The van der Waals surface area contributed by atoms with Crippen molar-refractivity contribution in [3.63, 3.8) is 0 Å². The molecular formula is C20H25N3O7. The number of nitrogens with zero attached hydrogens (tertiary/aromatic N) is 1. The van der Waals surface area contributed by atoms with Crippen LogP contribution in [0.3, 0.4) is 0 Å². The van der Waals surface area contributed by atoms with Gasteiger partial charge in [-0.1, -0.05) is 6.92 Å². The van der Waals surface area contributed by atoms with Crippen LogP contribution in [0.4, 0.5) is 10.5 Å². The molecule has 0 aliphatic carbocycles. The molecule has 0 spiro atoms. The summed E-state index contributed by atoms with van der Waals surface area (Å²) in [5, 5.41) is 14.1. The van der Waals surface area contributed by atoms with Crippen LogP contribution in [0.1, 0.15) is 51.4 Å². The summed E-state index contributed by atoms with van der Waals surface area (Å²) >= 11 is 0. The summed E-state index contributed by atoms with van der Waals surface area (Å²) in [6.07, 6.45) is 0.425. The Morgan fingerprint density at radius 1 is 1.27 bits per heavy atom. The van der Waals surface area contributed by atoms with E-state index in [9.17, 15) is 29.1 Å². The van der Waals surface area contributed by atoms with Crippen molar-refractivity contribution >= 4 is 35.3 Å². The Morgan fingerprint density at radius 2 is 1.90 bits per heavy atom. The Labute approximate surface area is 173 Å². The molecule has 10 heteroatoms. The van der Waals surface area contributed by atoms with Crippen molar-refractivity contribution in [3.8, 4) is 5.75 Å². The number of carboxylic acids is 1. The van der Waals surface area contributed by atoms with E-state index in [1.165, 1.54) is 32.0 Å². The highest BCUT2D eigenvalue weighted by molar-refractivity contribution is 6.19. The zero-order valence-electron chi connectivity index (χ0n) is 17.4. The Bertz CT molecular complexity index is 910. The molecule has 4 amide bonds. The number of urea groups is 1. The van der Waals surface area contributed by atoms with E-state index in [1.807, 2.05) is 6.92 Å². The molecule has 0 bridgehead atoms. The van der Waals surface area contributed by atoms with Crippen LogP contribution in [0.2, 0.25) is 0 Å². The van der Waals surface area contributed by atoms with E-state index in [1.54, 1.807) is 6.92 Å². The molecule has 1 saturated heterocycles. The average Bonchev–Trinajstić information content (AvgIpc) is 2.84. The molecule has 1 aromatic rings. The molecule has 2 atom stereocenters. The summed E-state index contributed by atoms with van der Waals surface area (Å²) in [7, 11) is 0. The highest BCUT2D eigenvalue weighted by Gasteiger charge is 2.50. The maximum atomic E-state index is 12.9. The quantitative estimate of drug-likeness (QED) is 0.431. The van der Waals surface area contributed by atoms with Crippen molar-refractivity contribution in [2.24, 2.45) is 0 Å². The molecule has 2 rings (SSSR count). The maximum Gasteiger partial charge on any atom is 0.335 e. The summed E-state index contributed by atoms with van der Waals surface area (Å²) in [5.74, 6) is -3.44. The Balaban J connectivity index is 2.41. The molecule has 0 radical (unpaired) electrons. The van der Waals surface area contributed by atoms with Gasteiger partial charge in [-0.25, -0.2) is 14.5 Å². The summed E-state index contributed by atoms with van der Waals surface area (Å²) in [6, 6.07) is 1.31. The van der Waals surface area contributed by atoms with Crippen LogP contribution < -0.4 is 15.4 Å². The molecule has 10 nitrogen and oxygen atoms in total. The Morgan fingerprint density at radius 3 is 2.37 bits per heavy atom. The van der Waals surface area contributed by atoms with Gasteiger partial charge in [0.05, 0.1) is 17.4 Å². The number of benzene rings is 1. The molecule has 1 aliphatic heterocycles. The normalized spacial score (nSPS) is 17.2. The van der Waals surface area contributed by atoms with Gasteiger partial charge in [0, 0.05) is 0 Å². The van der Waals surface area contributed by atoms with Crippen molar-refractivity contribution < 1.29 is 33.8 Å². The Kier molecular flexibility index (Phi) is 6.49. The van der Waals surface area contributed by atoms with Crippen LogP contribution in [0.5, 0.6) is 5.75 Å². The van der Waals surface area contributed by atoms with E-state index in [-0.39, 0.29) is 23.1 Å². The molecule has 1 fully saturated rings. The number of hydrogen-bond donors (Lipinski definition) is 3. The summed E-state index contributed by atoms with van der Waals surface area (Å²) in [6.45, 7) is 7.68.